The van der Waals surface area contributed by atoms with Gasteiger partial charge in [-0.2, -0.15) is 0 Å². The molecule has 0 aliphatic rings. The van der Waals surface area contributed by atoms with Crippen LogP contribution >= 0.6 is 11.6 Å². The van der Waals surface area contributed by atoms with E-state index in [1.54, 1.807) is 0 Å². The van der Waals surface area contributed by atoms with Gasteiger partial charge in [-0.1, -0.05) is 19.9 Å². The predicted octanol–water partition coefficient (Wildman–Crippen LogP) is 2.58. The summed E-state index contributed by atoms with van der Waals surface area (Å²) < 4.78 is 0. The molecule has 0 radical (unpaired) electrons. The van der Waals surface area contributed by atoms with Crippen molar-refractivity contribution in [2.24, 2.45) is 0 Å². The minimum atomic E-state index is 0.0770. The maximum absolute atomic E-state index is 5.62. The summed E-state index contributed by atoms with van der Waals surface area (Å²) in [4.78, 5) is 4.38. The molecule has 0 atom stereocenters. The van der Waals surface area contributed by atoms with E-state index in [4.69, 9.17) is 11.6 Å². The van der Waals surface area contributed by atoms with Crippen molar-refractivity contribution in [2.45, 2.75) is 25.7 Å². The molecule has 0 bridgehead atoms. The number of nitrogens with one attached hydrogen (secondary N) is 1. The van der Waals surface area contributed by atoms with Crippen LogP contribution in [0.3, 0.4) is 0 Å². The zero-order valence-corrected chi connectivity index (χ0v) is 10.2. The Labute approximate surface area is 97.1 Å². The average molecular weight is 227 g/mol. The highest BCUT2D eigenvalue weighted by Gasteiger charge is 2.20. The molecule has 1 N–H and O–H groups in total. The van der Waals surface area contributed by atoms with Gasteiger partial charge < -0.3 is 5.32 Å². The van der Waals surface area contributed by atoms with Gasteiger partial charge in [-0.05, 0) is 25.1 Å². The van der Waals surface area contributed by atoms with Crippen molar-refractivity contribution in [2.75, 3.05) is 19.0 Å². The zero-order chi connectivity index (χ0) is 11.1. The number of aromatic nitrogens is 1. The molecule has 0 unspecified atom stereocenters. The fourth-order valence-corrected chi connectivity index (χ4v) is 1.58. The summed E-state index contributed by atoms with van der Waals surface area (Å²) in [6.07, 6.45) is 2.86. The molecule has 0 aliphatic heterocycles. The molecular weight excluding hydrogens is 208 g/mol. The van der Waals surface area contributed by atoms with Crippen LogP contribution in [-0.4, -0.2) is 24.0 Å². The van der Waals surface area contributed by atoms with E-state index in [-0.39, 0.29) is 5.41 Å². The fraction of sp³-hybridized carbons (Fsp3) is 0.583. The first-order chi connectivity index (χ1) is 7.17. The van der Waals surface area contributed by atoms with Gasteiger partial charge in [0.2, 0.25) is 0 Å². The van der Waals surface area contributed by atoms with Gasteiger partial charge in [-0.25, -0.2) is 0 Å². The maximum Gasteiger partial charge on any atom is 0.0472 e. The average Bonchev–Trinajstić information content (AvgIpc) is 2.26. The van der Waals surface area contributed by atoms with E-state index in [9.17, 15) is 0 Å². The lowest BCUT2D eigenvalue weighted by atomic mass is 9.89. The van der Waals surface area contributed by atoms with Crippen molar-refractivity contribution in [3.8, 4) is 0 Å². The molecule has 15 heavy (non-hydrogen) atoms. The van der Waals surface area contributed by atoms with E-state index >= 15 is 0 Å². The molecule has 0 saturated carbocycles. The highest BCUT2D eigenvalue weighted by atomic mass is 35.5. The Morgan fingerprint density at radius 3 is 2.80 bits per heavy atom. The minimum absolute atomic E-state index is 0.0770. The Bertz CT molecular complexity index is 272. The van der Waals surface area contributed by atoms with Crippen LogP contribution in [0.4, 0.5) is 0 Å². The summed E-state index contributed by atoms with van der Waals surface area (Å²) in [7, 11) is 0. The summed E-state index contributed by atoms with van der Waals surface area (Å²) in [5, 5.41) is 3.40. The summed E-state index contributed by atoms with van der Waals surface area (Å²) in [6.45, 7) is 6.30. The molecule has 0 aromatic carbocycles. The zero-order valence-electron chi connectivity index (χ0n) is 9.46. The van der Waals surface area contributed by atoms with Gasteiger partial charge in [0, 0.05) is 29.7 Å². The second-order valence-corrected chi connectivity index (χ2v) is 4.70. The van der Waals surface area contributed by atoms with Gasteiger partial charge in [-0.3, -0.25) is 4.98 Å². The Morgan fingerprint density at radius 2 is 2.20 bits per heavy atom. The van der Waals surface area contributed by atoms with E-state index in [0.717, 1.165) is 31.1 Å². The van der Waals surface area contributed by atoms with Gasteiger partial charge in [0.1, 0.15) is 0 Å². The standard InChI is InChI=1S/C12H19ClN2/c1-12(2,10-14-8-5-7-13)11-6-3-4-9-15-11/h3-4,6,9,14H,5,7-8,10H2,1-2H3. The third-order valence-electron chi connectivity index (χ3n) is 2.41. The number of alkyl halides is 1. The second-order valence-electron chi connectivity index (χ2n) is 4.32. The first-order valence-corrected chi connectivity index (χ1v) is 5.88. The maximum atomic E-state index is 5.62. The fourth-order valence-electron chi connectivity index (χ4n) is 1.45. The molecule has 0 fully saturated rings. The number of halogens is 1. The minimum Gasteiger partial charge on any atom is -0.316 e. The third kappa shape index (κ3) is 4.18. The van der Waals surface area contributed by atoms with Crippen LogP contribution in [0.15, 0.2) is 24.4 Å². The van der Waals surface area contributed by atoms with Crippen molar-refractivity contribution >= 4 is 11.6 Å². The summed E-state index contributed by atoms with van der Waals surface area (Å²) >= 11 is 5.62. The van der Waals surface area contributed by atoms with Crippen molar-refractivity contribution in [1.82, 2.24) is 10.3 Å². The number of hydrogen-bond donors (Lipinski definition) is 1. The highest BCUT2D eigenvalue weighted by molar-refractivity contribution is 6.17. The molecule has 2 nitrogen and oxygen atoms in total. The third-order valence-corrected chi connectivity index (χ3v) is 2.68. The summed E-state index contributed by atoms with van der Waals surface area (Å²) in [5.41, 5.74) is 1.21. The molecule has 3 heteroatoms. The molecule has 1 aromatic heterocycles. The first-order valence-electron chi connectivity index (χ1n) is 5.35. The van der Waals surface area contributed by atoms with E-state index in [2.05, 4.69) is 30.2 Å². The lowest BCUT2D eigenvalue weighted by molar-refractivity contribution is 0.458. The van der Waals surface area contributed by atoms with E-state index in [0.29, 0.717) is 0 Å². The van der Waals surface area contributed by atoms with Gasteiger partial charge in [0.05, 0.1) is 0 Å². The summed E-state index contributed by atoms with van der Waals surface area (Å²) in [5.74, 6) is 0.719. The Morgan fingerprint density at radius 1 is 1.40 bits per heavy atom. The molecule has 1 heterocycles. The topological polar surface area (TPSA) is 24.9 Å². The highest BCUT2D eigenvalue weighted by Crippen LogP contribution is 2.19. The molecule has 0 spiro atoms. The molecule has 1 rings (SSSR count). The van der Waals surface area contributed by atoms with E-state index in [1.165, 1.54) is 0 Å². The van der Waals surface area contributed by atoms with Crippen molar-refractivity contribution in [1.29, 1.82) is 0 Å². The van der Waals surface area contributed by atoms with Gasteiger partial charge in [-0.15, -0.1) is 11.6 Å². The van der Waals surface area contributed by atoms with E-state index in [1.807, 2.05) is 18.3 Å². The second kappa shape index (κ2) is 6.09. The van der Waals surface area contributed by atoms with Gasteiger partial charge >= 0.3 is 0 Å². The normalized spacial score (nSPS) is 11.7. The van der Waals surface area contributed by atoms with Crippen LogP contribution in [0.2, 0.25) is 0 Å². The monoisotopic (exact) mass is 226 g/mol. The quantitative estimate of drug-likeness (QED) is 0.596. The van der Waals surface area contributed by atoms with Crippen LogP contribution in [-0.2, 0) is 5.41 Å². The van der Waals surface area contributed by atoms with E-state index < -0.39 is 0 Å². The molecule has 0 amide bonds. The largest absolute Gasteiger partial charge is 0.316 e. The lowest BCUT2D eigenvalue weighted by Gasteiger charge is -2.24. The molecule has 0 aliphatic carbocycles. The van der Waals surface area contributed by atoms with Crippen molar-refractivity contribution in [3.63, 3.8) is 0 Å². The Balaban J connectivity index is 2.45. The van der Waals surface area contributed by atoms with Crippen LogP contribution in [0.5, 0.6) is 0 Å². The Hall–Kier alpha value is -0.600. The lowest BCUT2D eigenvalue weighted by Crippen LogP contribution is -2.34. The van der Waals surface area contributed by atoms with Crippen molar-refractivity contribution < 1.29 is 0 Å². The smallest absolute Gasteiger partial charge is 0.0472 e. The summed E-state index contributed by atoms with van der Waals surface area (Å²) in [6, 6.07) is 6.05. The number of nitrogens with zero attached hydrogens (tertiary/aromatic N) is 1. The van der Waals surface area contributed by atoms with Crippen molar-refractivity contribution in [3.05, 3.63) is 30.1 Å². The van der Waals surface area contributed by atoms with Gasteiger partial charge in [0.15, 0.2) is 0 Å². The SMILES string of the molecule is CC(C)(CNCCCCl)c1ccccn1. The number of pyridine rings is 1. The predicted molar refractivity (Wildman–Crippen MR) is 65.5 cm³/mol. The van der Waals surface area contributed by atoms with Crippen LogP contribution < -0.4 is 5.32 Å². The molecule has 84 valence electrons. The number of hydrogen-bond acceptors (Lipinski definition) is 2. The van der Waals surface area contributed by atoms with Crippen LogP contribution in [0.25, 0.3) is 0 Å². The Kier molecular flexibility index (Phi) is 5.06. The van der Waals surface area contributed by atoms with Gasteiger partial charge in [0.25, 0.3) is 0 Å². The molecule has 0 saturated heterocycles. The molecule has 1 aromatic rings. The van der Waals surface area contributed by atoms with Crippen LogP contribution in [0.1, 0.15) is 26.0 Å². The molecular formula is C12H19ClN2. The van der Waals surface area contributed by atoms with Crippen LogP contribution in [0, 0.1) is 0 Å². The number of rotatable bonds is 6. The first kappa shape index (κ1) is 12.5.